The summed E-state index contributed by atoms with van der Waals surface area (Å²) in [5.41, 5.74) is 6.51. The maximum absolute atomic E-state index is 6.08. The van der Waals surface area contributed by atoms with E-state index in [-0.39, 0.29) is 0 Å². The Morgan fingerprint density at radius 2 is 2.10 bits per heavy atom. The molecule has 0 saturated heterocycles. The van der Waals surface area contributed by atoms with Gasteiger partial charge in [0.2, 0.25) is 0 Å². The van der Waals surface area contributed by atoms with Crippen LogP contribution in [0.3, 0.4) is 0 Å². The fraction of sp³-hybridized carbons (Fsp3) is 0.833. The van der Waals surface area contributed by atoms with Crippen LogP contribution < -0.4 is 5.73 Å². The van der Waals surface area contributed by atoms with Gasteiger partial charge in [0.05, 0.1) is 0 Å². The van der Waals surface area contributed by atoms with Crippen LogP contribution in [0.4, 0.5) is 0 Å². The molecule has 21 heavy (non-hydrogen) atoms. The minimum absolute atomic E-state index is 0.427. The van der Waals surface area contributed by atoms with Crippen molar-refractivity contribution in [2.45, 2.75) is 72.3 Å². The van der Waals surface area contributed by atoms with E-state index in [2.05, 4.69) is 50.4 Å². The van der Waals surface area contributed by atoms with Crippen LogP contribution in [-0.2, 0) is 0 Å². The number of nitrogens with two attached hydrogens (primary N) is 1. The molecule has 3 unspecified atom stereocenters. The Morgan fingerprint density at radius 1 is 1.38 bits per heavy atom. The van der Waals surface area contributed by atoms with Crippen LogP contribution in [0, 0.1) is 17.3 Å². The summed E-state index contributed by atoms with van der Waals surface area (Å²) in [7, 11) is 0. The zero-order chi connectivity index (χ0) is 15.6. The van der Waals surface area contributed by atoms with Gasteiger partial charge in [-0.25, -0.2) is 4.98 Å². The molecule has 0 amide bonds. The summed E-state index contributed by atoms with van der Waals surface area (Å²) in [4.78, 5) is 4.59. The molecule has 120 valence electrons. The topological polar surface area (TPSA) is 43.8 Å². The van der Waals surface area contributed by atoms with Crippen LogP contribution in [0.25, 0.3) is 0 Å². The molecule has 1 aliphatic carbocycles. The molecule has 0 bridgehead atoms. The van der Waals surface area contributed by atoms with E-state index in [1.807, 2.05) is 6.20 Å². The molecular formula is C18H33N3. The zero-order valence-corrected chi connectivity index (χ0v) is 14.5. The van der Waals surface area contributed by atoms with Crippen molar-refractivity contribution in [3.05, 3.63) is 18.2 Å². The number of hydrogen-bond donors (Lipinski definition) is 1. The van der Waals surface area contributed by atoms with Crippen molar-refractivity contribution in [2.75, 3.05) is 6.54 Å². The van der Waals surface area contributed by atoms with Gasteiger partial charge in [-0.2, -0.15) is 0 Å². The van der Waals surface area contributed by atoms with E-state index in [1.54, 1.807) is 0 Å². The number of aromatic nitrogens is 2. The largest absolute Gasteiger partial charge is 0.331 e. The van der Waals surface area contributed by atoms with Gasteiger partial charge in [-0.05, 0) is 43.1 Å². The first-order valence-electron chi connectivity index (χ1n) is 8.63. The molecule has 3 atom stereocenters. The summed E-state index contributed by atoms with van der Waals surface area (Å²) >= 11 is 0. The minimum atomic E-state index is 0.427. The Hall–Kier alpha value is -0.830. The number of imidazole rings is 1. The molecule has 2 rings (SSSR count). The fourth-order valence-electron chi connectivity index (χ4n) is 3.88. The minimum Gasteiger partial charge on any atom is -0.331 e. The summed E-state index contributed by atoms with van der Waals surface area (Å²) < 4.78 is 2.43. The molecule has 1 saturated carbocycles. The molecule has 2 N–H and O–H groups in total. The van der Waals surface area contributed by atoms with Gasteiger partial charge in [0.1, 0.15) is 5.82 Å². The first-order valence-corrected chi connectivity index (χ1v) is 8.63. The predicted molar refractivity (Wildman–Crippen MR) is 89.3 cm³/mol. The second kappa shape index (κ2) is 6.51. The molecular weight excluding hydrogens is 258 g/mol. The molecule has 0 aliphatic heterocycles. The lowest BCUT2D eigenvalue weighted by molar-refractivity contribution is 0.0886. The van der Waals surface area contributed by atoms with Crippen molar-refractivity contribution < 1.29 is 0 Å². The van der Waals surface area contributed by atoms with Gasteiger partial charge in [0.25, 0.3) is 0 Å². The molecule has 3 heteroatoms. The molecule has 1 fully saturated rings. The quantitative estimate of drug-likeness (QED) is 0.876. The first-order chi connectivity index (χ1) is 9.90. The summed E-state index contributed by atoms with van der Waals surface area (Å²) in [5, 5.41) is 0. The number of hydrogen-bond acceptors (Lipinski definition) is 2. The monoisotopic (exact) mass is 291 g/mol. The Morgan fingerprint density at radius 3 is 2.67 bits per heavy atom. The highest BCUT2D eigenvalue weighted by Crippen LogP contribution is 2.46. The van der Waals surface area contributed by atoms with Gasteiger partial charge in [0, 0.05) is 24.4 Å². The van der Waals surface area contributed by atoms with Crippen molar-refractivity contribution in [1.29, 1.82) is 0 Å². The van der Waals surface area contributed by atoms with E-state index in [0.717, 1.165) is 12.5 Å². The molecule has 1 heterocycles. The third-order valence-corrected chi connectivity index (χ3v) is 5.85. The standard InChI is InChI=1S/C18H33N3/c1-6-18(4,5)15-8-7-14(12-19)16(11-15)21-10-9-20-17(21)13(2)3/h9-10,13-16H,6-8,11-12,19H2,1-5H3. The maximum Gasteiger partial charge on any atom is 0.111 e. The van der Waals surface area contributed by atoms with E-state index < -0.39 is 0 Å². The zero-order valence-electron chi connectivity index (χ0n) is 14.5. The lowest BCUT2D eigenvalue weighted by atomic mass is 9.66. The highest BCUT2D eigenvalue weighted by atomic mass is 15.1. The van der Waals surface area contributed by atoms with Gasteiger partial charge in [0.15, 0.2) is 0 Å². The van der Waals surface area contributed by atoms with Crippen LogP contribution in [0.15, 0.2) is 12.4 Å². The Labute approximate surface area is 130 Å². The van der Waals surface area contributed by atoms with E-state index >= 15 is 0 Å². The summed E-state index contributed by atoms with van der Waals surface area (Å²) in [6.45, 7) is 12.4. The maximum atomic E-state index is 6.08. The first kappa shape index (κ1) is 16.5. The van der Waals surface area contributed by atoms with E-state index in [4.69, 9.17) is 5.73 Å². The highest BCUT2D eigenvalue weighted by Gasteiger charge is 2.38. The molecule has 1 aliphatic rings. The average molecular weight is 291 g/mol. The van der Waals surface area contributed by atoms with Crippen molar-refractivity contribution in [3.63, 3.8) is 0 Å². The van der Waals surface area contributed by atoms with Crippen molar-refractivity contribution >= 4 is 0 Å². The molecule has 0 aromatic carbocycles. The second-order valence-corrected chi connectivity index (χ2v) is 7.76. The molecule has 1 aromatic rings. The molecule has 3 nitrogen and oxygen atoms in total. The Balaban J connectivity index is 2.27. The Bertz CT molecular complexity index is 447. The van der Waals surface area contributed by atoms with Crippen LogP contribution in [-0.4, -0.2) is 16.1 Å². The second-order valence-electron chi connectivity index (χ2n) is 7.76. The lowest BCUT2D eigenvalue weighted by Crippen LogP contribution is -2.37. The van der Waals surface area contributed by atoms with Crippen LogP contribution in [0.1, 0.15) is 78.1 Å². The SMILES string of the molecule is CCC(C)(C)C1CCC(CN)C(n2ccnc2C(C)C)C1. The van der Waals surface area contributed by atoms with Gasteiger partial charge >= 0.3 is 0 Å². The van der Waals surface area contributed by atoms with Crippen molar-refractivity contribution in [1.82, 2.24) is 9.55 Å². The smallest absolute Gasteiger partial charge is 0.111 e. The van der Waals surface area contributed by atoms with Crippen LogP contribution in [0.5, 0.6) is 0 Å². The third-order valence-electron chi connectivity index (χ3n) is 5.85. The predicted octanol–water partition coefficient (Wildman–Crippen LogP) is 4.36. The van der Waals surface area contributed by atoms with Gasteiger partial charge < -0.3 is 10.3 Å². The van der Waals surface area contributed by atoms with E-state index in [0.29, 0.717) is 23.3 Å². The number of nitrogens with zero attached hydrogens (tertiary/aromatic N) is 2. The average Bonchev–Trinajstić information content (AvgIpc) is 2.96. The molecule has 0 spiro atoms. The summed E-state index contributed by atoms with van der Waals surface area (Å²) in [6.07, 6.45) is 9.20. The van der Waals surface area contributed by atoms with Gasteiger partial charge in [-0.3, -0.25) is 0 Å². The van der Waals surface area contributed by atoms with Crippen molar-refractivity contribution in [3.8, 4) is 0 Å². The van der Waals surface area contributed by atoms with E-state index in [1.165, 1.54) is 31.5 Å². The normalized spacial score (nSPS) is 27.3. The fourth-order valence-corrected chi connectivity index (χ4v) is 3.88. The summed E-state index contributed by atoms with van der Waals surface area (Å²) in [5.74, 6) is 3.07. The van der Waals surface area contributed by atoms with E-state index in [9.17, 15) is 0 Å². The number of rotatable bonds is 5. The summed E-state index contributed by atoms with van der Waals surface area (Å²) in [6, 6.07) is 0.527. The molecule has 1 aromatic heterocycles. The van der Waals surface area contributed by atoms with Crippen LogP contribution >= 0.6 is 0 Å². The van der Waals surface area contributed by atoms with Gasteiger partial charge in [-0.1, -0.05) is 41.0 Å². The Kier molecular flexibility index (Phi) is 5.13. The third kappa shape index (κ3) is 3.33. The van der Waals surface area contributed by atoms with Crippen LogP contribution in [0.2, 0.25) is 0 Å². The van der Waals surface area contributed by atoms with Gasteiger partial charge in [-0.15, -0.1) is 0 Å². The molecule has 0 radical (unpaired) electrons. The van der Waals surface area contributed by atoms with Crippen molar-refractivity contribution in [2.24, 2.45) is 23.0 Å². The lowest BCUT2D eigenvalue weighted by Gasteiger charge is -2.43. The highest BCUT2D eigenvalue weighted by molar-refractivity contribution is 5.03.